The molecule has 0 fully saturated rings. The highest BCUT2D eigenvalue weighted by Gasteiger charge is 2.31. The van der Waals surface area contributed by atoms with E-state index < -0.39 is 11.7 Å². The Morgan fingerprint density at radius 1 is 1.03 bits per heavy atom. The van der Waals surface area contributed by atoms with E-state index in [-0.39, 0.29) is 28.3 Å². The minimum atomic E-state index is -4.50. The highest BCUT2D eigenvalue weighted by Crippen LogP contribution is 2.33. The summed E-state index contributed by atoms with van der Waals surface area (Å²) in [7, 11) is 0. The molecule has 4 rings (SSSR count). The molecule has 0 aliphatic rings. The Hall–Kier alpha value is -3.53. The van der Waals surface area contributed by atoms with E-state index in [0.717, 1.165) is 29.5 Å². The molecule has 6 nitrogen and oxygen atoms in total. The first kappa shape index (κ1) is 22.7. The summed E-state index contributed by atoms with van der Waals surface area (Å²) in [6.07, 6.45) is -2.37. The van der Waals surface area contributed by atoms with E-state index in [9.17, 15) is 18.0 Å². The second kappa shape index (κ2) is 9.95. The molecule has 0 aliphatic heterocycles. The Kier molecular flexibility index (Phi) is 6.83. The van der Waals surface area contributed by atoms with Gasteiger partial charge in [0.05, 0.1) is 23.3 Å². The molecule has 2 heterocycles. The van der Waals surface area contributed by atoms with Crippen LogP contribution in [0.2, 0.25) is 0 Å². The fourth-order valence-corrected chi connectivity index (χ4v) is 3.94. The second-order valence-electron chi connectivity index (χ2n) is 7.04. The van der Waals surface area contributed by atoms with Gasteiger partial charge in [-0.2, -0.15) is 13.2 Å². The van der Waals surface area contributed by atoms with E-state index in [4.69, 9.17) is 4.42 Å². The molecule has 0 saturated heterocycles. The molecule has 2 aromatic carbocycles. The van der Waals surface area contributed by atoms with Gasteiger partial charge in [0.1, 0.15) is 0 Å². The van der Waals surface area contributed by atoms with Crippen LogP contribution in [-0.4, -0.2) is 33.0 Å². The Labute approximate surface area is 191 Å². The van der Waals surface area contributed by atoms with Gasteiger partial charge in [0.25, 0.3) is 0 Å². The number of benzene rings is 2. The quantitative estimate of drug-likeness (QED) is 0.366. The molecule has 0 unspecified atom stereocenters. The number of rotatable bonds is 8. The van der Waals surface area contributed by atoms with Crippen molar-refractivity contribution in [2.75, 3.05) is 12.3 Å². The van der Waals surface area contributed by atoms with Crippen molar-refractivity contribution >= 4 is 17.7 Å². The van der Waals surface area contributed by atoms with Gasteiger partial charge < -0.3 is 9.73 Å². The third-order valence-electron chi connectivity index (χ3n) is 4.72. The fourth-order valence-electron chi connectivity index (χ4n) is 3.15. The van der Waals surface area contributed by atoms with Crippen LogP contribution in [0.4, 0.5) is 13.2 Å². The van der Waals surface area contributed by atoms with Gasteiger partial charge in [-0.3, -0.25) is 9.36 Å². The van der Waals surface area contributed by atoms with Crippen LogP contribution in [0, 0.1) is 0 Å². The highest BCUT2D eigenvalue weighted by atomic mass is 32.2. The number of alkyl halides is 3. The van der Waals surface area contributed by atoms with Crippen molar-refractivity contribution in [1.82, 2.24) is 20.1 Å². The summed E-state index contributed by atoms with van der Waals surface area (Å²) in [6.45, 7) is 0.474. The average Bonchev–Trinajstić information content (AvgIpc) is 3.48. The average molecular weight is 472 g/mol. The third-order valence-corrected chi connectivity index (χ3v) is 5.65. The van der Waals surface area contributed by atoms with Gasteiger partial charge in [-0.25, -0.2) is 0 Å². The van der Waals surface area contributed by atoms with Gasteiger partial charge in [-0.05, 0) is 42.3 Å². The summed E-state index contributed by atoms with van der Waals surface area (Å²) < 4.78 is 46.6. The number of halogens is 3. The minimum Gasteiger partial charge on any atom is -0.461 e. The van der Waals surface area contributed by atoms with Crippen molar-refractivity contribution in [2.45, 2.75) is 17.8 Å². The van der Waals surface area contributed by atoms with Gasteiger partial charge in [0.15, 0.2) is 10.9 Å². The van der Waals surface area contributed by atoms with Gasteiger partial charge in [-0.15, -0.1) is 10.2 Å². The number of hydrogen-bond donors (Lipinski definition) is 1. The van der Waals surface area contributed by atoms with Crippen LogP contribution in [-0.2, 0) is 17.4 Å². The standard InChI is InChI=1S/C23H19F3N4O2S/c24-23(25,26)17-8-4-9-18(14-17)30-21(19-10-5-13-32-19)28-29-22(30)33-15-20(31)27-12-11-16-6-2-1-3-7-16/h1-10,13-14H,11-12,15H2,(H,27,31). The number of thioether (sulfide) groups is 1. The molecule has 0 atom stereocenters. The lowest BCUT2D eigenvalue weighted by atomic mass is 10.1. The lowest BCUT2D eigenvalue weighted by Crippen LogP contribution is -2.27. The fraction of sp³-hybridized carbons (Fsp3) is 0.174. The van der Waals surface area contributed by atoms with Gasteiger partial charge >= 0.3 is 6.18 Å². The number of amides is 1. The second-order valence-corrected chi connectivity index (χ2v) is 7.98. The topological polar surface area (TPSA) is 73.0 Å². The summed E-state index contributed by atoms with van der Waals surface area (Å²) in [4.78, 5) is 12.3. The summed E-state index contributed by atoms with van der Waals surface area (Å²) in [6, 6.07) is 17.9. The summed E-state index contributed by atoms with van der Waals surface area (Å²) >= 11 is 1.08. The van der Waals surface area contributed by atoms with E-state index in [2.05, 4.69) is 15.5 Å². The Morgan fingerprint density at radius 3 is 2.58 bits per heavy atom. The predicted octanol–water partition coefficient (Wildman–Crippen LogP) is 5.00. The van der Waals surface area contributed by atoms with Crippen molar-refractivity contribution < 1.29 is 22.4 Å². The number of hydrogen-bond acceptors (Lipinski definition) is 5. The van der Waals surface area contributed by atoms with Crippen LogP contribution in [0.3, 0.4) is 0 Å². The monoisotopic (exact) mass is 472 g/mol. The smallest absolute Gasteiger partial charge is 0.416 e. The van der Waals surface area contributed by atoms with Crippen molar-refractivity contribution in [3.8, 4) is 17.3 Å². The van der Waals surface area contributed by atoms with E-state index in [1.807, 2.05) is 30.3 Å². The van der Waals surface area contributed by atoms with E-state index in [0.29, 0.717) is 18.7 Å². The number of furan rings is 1. The van der Waals surface area contributed by atoms with Crippen LogP contribution >= 0.6 is 11.8 Å². The first-order chi connectivity index (χ1) is 15.9. The van der Waals surface area contributed by atoms with Crippen molar-refractivity contribution in [3.63, 3.8) is 0 Å². The summed E-state index contributed by atoms with van der Waals surface area (Å²) in [5.41, 5.74) is 0.528. The first-order valence-electron chi connectivity index (χ1n) is 10.0. The molecule has 0 bridgehead atoms. The normalized spacial score (nSPS) is 11.5. The maximum absolute atomic E-state index is 13.3. The largest absolute Gasteiger partial charge is 0.461 e. The Morgan fingerprint density at radius 2 is 1.85 bits per heavy atom. The maximum Gasteiger partial charge on any atom is 0.416 e. The van der Waals surface area contributed by atoms with Crippen LogP contribution in [0.5, 0.6) is 0 Å². The van der Waals surface area contributed by atoms with E-state index in [1.54, 1.807) is 12.1 Å². The summed E-state index contributed by atoms with van der Waals surface area (Å²) in [5.74, 6) is 0.406. The zero-order chi connectivity index (χ0) is 23.3. The summed E-state index contributed by atoms with van der Waals surface area (Å²) in [5, 5.41) is 11.3. The number of nitrogens with one attached hydrogen (secondary N) is 1. The Bertz CT molecular complexity index is 1210. The maximum atomic E-state index is 13.3. The third kappa shape index (κ3) is 5.64. The first-order valence-corrected chi connectivity index (χ1v) is 11.0. The molecule has 0 spiro atoms. The number of carbonyl (C=O) groups is 1. The Balaban J connectivity index is 1.51. The molecule has 33 heavy (non-hydrogen) atoms. The van der Waals surface area contributed by atoms with Crippen molar-refractivity contribution in [3.05, 3.63) is 84.1 Å². The van der Waals surface area contributed by atoms with Crippen molar-refractivity contribution in [1.29, 1.82) is 0 Å². The van der Waals surface area contributed by atoms with Gasteiger partial charge in [-0.1, -0.05) is 48.2 Å². The zero-order valence-corrected chi connectivity index (χ0v) is 18.1. The van der Waals surface area contributed by atoms with E-state index >= 15 is 0 Å². The van der Waals surface area contributed by atoms with Crippen LogP contribution in [0.15, 0.2) is 82.6 Å². The number of nitrogens with zero attached hydrogens (tertiary/aromatic N) is 3. The van der Waals surface area contributed by atoms with Gasteiger partial charge in [0, 0.05) is 6.54 Å². The zero-order valence-electron chi connectivity index (χ0n) is 17.2. The molecule has 0 aliphatic carbocycles. The number of carbonyl (C=O) groups excluding carboxylic acids is 1. The molecule has 1 amide bonds. The molecule has 1 N–H and O–H groups in total. The molecule has 0 radical (unpaired) electrons. The number of aromatic nitrogens is 3. The SMILES string of the molecule is O=C(CSc1nnc(-c2ccco2)n1-c1cccc(C(F)(F)F)c1)NCCc1ccccc1. The lowest BCUT2D eigenvalue weighted by Gasteiger charge is -2.12. The molecule has 4 aromatic rings. The molecule has 170 valence electrons. The lowest BCUT2D eigenvalue weighted by molar-refractivity contribution is -0.137. The van der Waals surface area contributed by atoms with Gasteiger partial charge in [0.2, 0.25) is 11.7 Å². The minimum absolute atomic E-state index is 0.0318. The highest BCUT2D eigenvalue weighted by molar-refractivity contribution is 7.99. The molecule has 0 saturated carbocycles. The van der Waals surface area contributed by atoms with E-state index in [1.165, 1.54) is 23.0 Å². The molecular formula is C23H19F3N4O2S. The van der Waals surface area contributed by atoms with Crippen LogP contribution in [0.1, 0.15) is 11.1 Å². The van der Waals surface area contributed by atoms with Crippen molar-refractivity contribution in [2.24, 2.45) is 0 Å². The van der Waals surface area contributed by atoms with Crippen LogP contribution in [0.25, 0.3) is 17.3 Å². The molecular weight excluding hydrogens is 453 g/mol. The molecule has 2 aromatic heterocycles. The van der Waals surface area contributed by atoms with Crippen LogP contribution < -0.4 is 5.32 Å². The predicted molar refractivity (Wildman–Crippen MR) is 118 cm³/mol. The molecule has 10 heteroatoms.